The Morgan fingerprint density at radius 1 is 0.914 bits per heavy atom. The van der Waals surface area contributed by atoms with Crippen molar-refractivity contribution in [1.29, 1.82) is 0 Å². The van der Waals surface area contributed by atoms with Crippen LogP contribution in [0.1, 0.15) is 27.3 Å². The van der Waals surface area contributed by atoms with Crippen LogP contribution in [-0.4, -0.2) is 27.4 Å². The van der Waals surface area contributed by atoms with Gasteiger partial charge in [0.1, 0.15) is 0 Å². The van der Waals surface area contributed by atoms with Crippen molar-refractivity contribution in [2.24, 2.45) is 0 Å². The number of hydrogen-bond acceptors (Lipinski definition) is 2. The van der Waals surface area contributed by atoms with Crippen molar-refractivity contribution >= 4 is 28.5 Å². The molecule has 0 atom stereocenters. The molecule has 0 aliphatic rings. The first-order valence-electron chi connectivity index (χ1n) is 10.1. The fourth-order valence-corrected chi connectivity index (χ4v) is 3.82. The molecule has 4 aromatic rings. The Bertz CT molecular complexity index is 1360. The number of hydrogen-bond donors (Lipinski definition) is 0. The minimum absolute atomic E-state index is 0.0455. The lowest BCUT2D eigenvalue weighted by atomic mass is 10.0. The van der Waals surface area contributed by atoms with E-state index in [1.807, 2.05) is 0 Å². The van der Waals surface area contributed by atoms with E-state index in [1.165, 1.54) is 11.6 Å². The van der Waals surface area contributed by atoms with Gasteiger partial charge in [0.2, 0.25) is 5.82 Å². The second-order valence-corrected chi connectivity index (χ2v) is 8.25. The summed E-state index contributed by atoms with van der Waals surface area (Å²) in [4.78, 5) is 18.7. The molecule has 0 saturated heterocycles. The van der Waals surface area contributed by atoms with Crippen molar-refractivity contribution < 1.29 is 31.1 Å². The third kappa shape index (κ3) is 5.12. The number of aromatic nitrogens is 2. The Kier molecular flexibility index (Phi) is 6.27. The number of carbonyl (C=O) groups is 1. The van der Waals surface area contributed by atoms with E-state index in [0.29, 0.717) is 33.9 Å². The number of carbonyl (C=O) groups excluding carboxylic acids is 1. The highest BCUT2D eigenvalue weighted by Crippen LogP contribution is 2.36. The van der Waals surface area contributed by atoms with Crippen LogP contribution in [-0.2, 0) is 18.9 Å². The lowest BCUT2D eigenvalue weighted by Gasteiger charge is -2.20. The maximum atomic E-state index is 13.3. The summed E-state index contributed by atoms with van der Waals surface area (Å²) in [5.41, 5.74) is -1.70. The van der Waals surface area contributed by atoms with Crippen LogP contribution in [0.5, 0.6) is 0 Å². The molecule has 3 aromatic carbocycles. The van der Waals surface area contributed by atoms with Crippen LogP contribution in [0.2, 0.25) is 5.02 Å². The molecular formula is C24H16ClF6N3O. The van der Waals surface area contributed by atoms with Gasteiger partial charge in [-0.05, 0) is 54.1 Å². The number of amides is 1. The number of nitrogens with zero attached hydrogens (tertiary/aromatic N) is 3. The zero-order chi connectivity index (χ0) is 25.5. The van der Waals surface area contributed by atoms with Crippen molar-refractivity contribution in [1.82, 2.24) is 14.5 Å². The van der Waals surface area contributed by atoms with E-state index in [1.54, 1.807) is 48.5 Å². The van der Waals surface area contributed by atoms with Crippen LogP contribution in [0.3, 0.4) is 0 Å². The molecule has 4 rings (SSSR count). The Labute approximate surface area is 200 Å². The number of alkyl halides is 6. The van der Waals surface area contributed by atoms with Gasteiger partial charge in [-0.3, -0.25) is 9.36 Å². The molecule has 0 N–H and O–H groups in total. The van der Waals surface area contributed by atoms with E-state index in [2.05, 4.69) is 4.98 Å². The molecule has 4 nitrogen and oxygen atoms in total. The SMILES string of the molecule is CN(Cc1cc(C(F)(F)F)cc(C(F)(F)F)c1)C(=O)c1nc2ccc(Cl)cc2n1-c1ccccc1. The average molecular weight is 512 g/mol. The Morgan fingerprint density at radius 3 is 2.09 bits per heavy atom. The minimum Gasteiger partial charge on any atom is -0.335 e. The Morgan fingerprint density at radius 2 is 1.51 bits per heavy atom. The fourth-order valence-electron chi connectivity index (χ4n) is 3.66. The maximum Gasteiger partial charge on any atom is 0.416 e. The van der Waals surface area contributed by atoms with E-state index in [-0.39, 0.29) is 17.5 Å². The third-order valence-corrected chi connectivity index (χ3v) is 5.47. The van der Waals surface area contributed by atoms with Gasteiger partial charge >= 0.3 is 12.4 Å². The van der Waals surface area contributed by atoms with Crippen LogP contribution < -0.4 is 0 Å². The summed E-state index contributed by atoms with van der Waals surface area (Å²) in [6.07, 6.45) is -9.97. The highest BCUT2D eigenvalue weighted by molar-refractivity contribution is 6.31. The largest absolute Gasteiger partial charge is 0.416 e. The predicted molar refractivity (Wildman–Crippen MR) is 118 cm³/mol. The number of imidazole rings is 1. The highest BCUT2D eigenvalue weighted by atomic mass is 35.5. The average Bonchev–Trinajstić information content (AvgIpc) is 3.16. The molecule has 0 unspecified atom stereocenters. The van der Waals surface area contributed by atoms with Gasteiger partial charge in [0.05, 0.1) is 22.2 Å². The lowest BCUT2D eigenvalue weighted by molar-refractivity contribution is -0.143. The summed E-state index contributed by atoms with van der Waals surface area (Å²) in [5, 5.41) is 0.394. The second-order valence-electron chi connectivity index (χ2n) is 7.81. The van der Waals surface area contributed by atoms with Gasteiger partial charge in [0.15, 0.2) is 0 Å². The monoisotopic (exact) mass is 511 g/mol. The molecular weight excluding hydrogens is 496 g/mol. The van der Waals surface area contributed by atoms with E-state index < -0.39 is 35.9 Å². The number of rotatable bonds is 4. The lowest BCUT2D eigenvalue weighted by Crippen LogP contribution is -2.29. The van der Waals surface area contributed by atoms with Gasteiger partial charge in [0, 0.05) is 24.3 Å². The van der Waals surface area contributed by atoms with Crippen molar-refractivity contribution in [3.8, 4) is 5.69 Å². The number of halogens is 7. The molecule has 0 radical (unpaired) electrons. The van der Waals surface area contributed by atoms with Gasteiger partial charge in [-0.25, -0.2) is 4.98 Å². The van der Waals surface area contributed by atoms with Crippen molar-refractivity contribution in [3.05, 3.63) is 94.3 Å². The zero-order valence-corrected chi connectivity index (χ0v) is 18.7. The molecule has 182 valence electrons. The van der Waals surface area contributed by atoms with Crippen LogP contribution >= 0.6 is 11.6 Å². The van der Waals surface area contributed by atoms with Crippen LogP contribution in [0.15, 0.2) is 66.7 Å². The second kappa shape index (κ2) is 8.92. The van der Waals surface area contributed by atoms with Gasteiger partial charge in [-0.1, -0.05) is 29.8 Å². The number of benzene rings is 3. The van der Waals surface area contributed by atoms with Gasteiger partial charge in [-0.15, -0.1) is 0 Å². The molecule has 1 heterocycles. The van der Waals surface area contributed by atoms with Gasteiger partial charge in [0.25, 0.3) is 5.91 Å². The van der Waals surface area contributed by atoms with Gasteiger partial charge < -0.3 is 4.90 Å². The summed E-state index contributed by atoms with van der Waals surface area (Å²) >= 11 is 6.12. The van der Waals surface area contributed by atoms with Gasteiger partial charge in [-0.2, -0.15) is 26.3 Å². The third-order valence-electron chi connectivity index (χ3n) is 5.24. The fraction of sp³-hybridized carbons (Fsp3) is 0.167. The smallest absolute Gasteiger partial charge is 0.335 e. The maximum absolute atomic E-state index is 13.3. The van der Waals surface area contributed by atoms with E-state index >= 15 is 0 Å². The molecule has 1 amide bonds. The molecule has 35 heavy (non-hydrogen) atoms. The van der Waals surface area contributed by atoms with Crippen molar-refractivity contribution in [2.75, 3.05) is 7.05 Å². The first-order valence-corrected chi connectivity index (χ1v) is 10.5. The quantitative estimate of drug-likeness (QED) is 0.277. The van der Waals surface area contributed by atoms with Crippen LogP contribution in [0.4, 0.5) is 26.3 Å². The molecule has 0 saturated carbocycles. The van der Waals surface area contributed by atoms with Crippen molar-refractivity contribution in [2.45, 2.75) is 18.9 Å². The Balaban J connectivity index is 1.76. The summed E-state index contributed by atoms with van der Waals surface area (Å²) in [5.74, 6) is -0.772. The molecule has 11 heteroatoms. The normalized spacial score (nSPS) is 12.2. The first kappa shape index (κ1) is 24.6. The standard InChI is InChI=1S/C24H16ClF6N3O/c1-33(13-14-9-15(23(26,27)28)11-16(10-14)24(29,30)31)22(35)21-32-19-8-7-17(25)12-20(19)34(21)18-5-3-2-4-6-18/h2-12H,13H2,1H3. The highest BCUT2D eigenvalue weighted by Gasteiger charge is 2.37. The zero-order valence-electron chi connectivity index (χ0n) is 18.0. The molecule has 0 spiro atoms. The molecule has 0 bridgehead atoms. The van der Waals surface area contributed by atoms with E-state index in [9.17, 15) is 31.1 Å². The summed E-state index contributed by atoms with van der Waals surface area (Å²) < 4.78 is 80.8. The Hall–Kier alpha value is -3.53. The molecule has 0 fully saturated rings. The molecule has 0 aliphatic heterocycles. The minimum atomic E-state index is -4.99. The predicted octanol–water partition coefficient (Wildman–Crippen LogP) is 6.99. The topological polar surface area (TPSA) is 38.1 Å². The summed E-state index contributed by atoms with van der Waals surface area (Å²) in [6, 6.07) is 14.7. The van der Waals surface area contributed by atoms with Crippen LogP contribution in [0, 0.1) is 0 Å². The van der Waals surface area contributed by atoms with E-state index in [0.717, 1.165) is 4.90 Å². The number of fused-ring (bicyclic) bond motifs is 1. The summed E-state index contributed by atoms with van der Waals surface area (Å²) in [7, 11) is 1.28. The van der Waals surface area contributed by atoms with Crippen LogP contribution in [0.25, 0.3) is 16.7 Å². The number of para-hydroxylation sites is 1. The summed E-state index contributed by atoms with van der Waals surface area (Å²) in [6.45, 7) is -0.509. The first-order chi connectivity index (χ1) is 16.3. The molecule has 1 aromatic heterocycles. The molecule has 0 aliphatic carbocycles. The van der Waals surface area contributed by atoms with E-state index in [4.69, 9.17) is 11.6 Å². The van der Waals surface area contributed by atoms with Crippen molar-refractivity contribution in [3.63, 3.8) is 0 Å².